The van der Waals surface area contributed by atoms with E-state index in [4.69, 9.17) is 4.74 Å². The lowest BCUT2D eigenvalue weighted by atomic mass is 9.71. The number of rotatable bonds is 6. The van der Waals surface area contributed by atoms with Gasteiger partial charge < -0.3 is 14.9 Å². The van der Waals surface area contributed by atoms with Gasteiger partial charge in [0.25, 0.3) is 0 Å². The van der Waals surface area contributed by atoms with E-state index in [1.165, 1.54) is 0 Å². The van der Waals surface area contributed by atoms with Crippen molar-refractivity contribution in [3.05, 3.63) is 65.2 Å². The first-order chi connectivity index (χ1) is 12.9. The molecule has 1 aliphatic heterocycles. The van der Waals surface area contributed by atoms with Crippen LogP contribution in [0.15, 0.2) is 48.5 Å². The van der Waals surface area contributed by atoms with Crippen molar-refractivity contribution in [3.8, 4) is 5.75 Å². The number of β-amino-alcohol motifs (C(OH)–C–C–N with tert-alkyl or cyclic N) is 1. The number of aliphatic carboxylic acids is 1. The highest BCUT2D eigenvalue weighted by Gasteiger charge is 2.48. The van der Waals surface area contributed by atoms with Gasteiger partial charge >= 0.3 is 5.97 Å². The van der Waals surface area contributed by atoms with Crippen LogP contribution in [0.3, 0.4) is 0 Å². The molecule has 0 unspecified atom stereocenters. The van der Waals surface area contributed by atoms with Gasteiger partial charge in [-0.25, -0.2) is 0 Å². The SMILES string of the molecule is COc1ccc(CN2CC[C@](Cc3ccccc3)(C(=O)O)[C@@H](O)C2)c(C)c1. The van der Waals surface area contributed by atoms with Crippen LogP contribution >= 0.6 is 0 Å². The number of carboxylic acids is 1. The Morgan fingerprint density at radius 2 is 2.00 bits per heavy atom. The van der Waals surface area contributed by atoms with Crippen LogP contribution in [-0.4, -0.2) is 47.4 Å². The quantitative estimate of drug-likeness (QED) is 0.819. The van der Waals surface area contributed by atoms with Gasteiger partial charge in [-0.15, -0.1) is 0 Å². The summed E-state index contributed by atoms with van der Waals surface area (Å²) >= 11 is 0. The molecule has 2 aromatic carbocycles. The molecule has 2 N–H and O–H groups in total. The van der Waals surface area contributed by atoms with Crippen LogP contribution in [0.25, 0.3) is 0 Å². The molecule has 2 atom stereocenters. The largest absolute Gasteiger partial charge is 0.497 e. The van der Waals surface area contributed by atoms with Crippen molar-refractivity contribution in [2.45, 2.75) is 32.4 Å². The molecule has 0 amide bonds. The molecule has 1 aliphatic rings. The molecule has 0 spiro atoms. The molecule has 0 aromatic heterocycles. The number of benzene rings is 2. The average Bonchev–Trinajstić information content (AvgIpc) is 2.66. The highest BCUT2D eigenvalue weighted by Crippen LogP contribution is 2.36. The Balaban J connectivity index is 1.72. The third-order valence-corrected chi connectivity index (χ3v) is 5.68. The summed E-state index contributed by atoms with van der Waals surface area (Å²) in [5, 5.41) is 20.7. The number of ether oxygens (including phenoxy) is 1. The second-order valence-electron chi connectivity index (χ2n) is 7.42. The van der Waals surface area contributed by atoms with Gasteiger partial charge in [-0.3, -0.25) is 9.69 Å². The minimum absolute atomic E-state index is 0.347. The van der Waals surface area contributed by atoms with Gasteiger partial charge in [-0.05, 0) is 55.1 Å². The van der Waals surface area contributed by atoms with E-state index in [9.17, 15) is 15.0 Å². The molecule has 3 rings (SSSR count). The molecule has 5 heteroatoms. The van der Waals surface area contributed by atoms with E-state index in [2.05, 4.69) is 4.90 Å². The fourth-order valence-corrected chi connectivity index (χ4v) is 3.88. The molecule has 1 saturated heterocycles. The van der Waals surface area contributed by atoms with Crippen molar-refractivity contribution in [1.82, 2.24) is 4.90 Å². The van der Waals surface area contributed by atoms with Crippen LogP contribution in [0.5, 0.6) is 5.75 Å². The Hall–Kier alpha value is -2.37. The number of carboxylic acid groups (broad SMARTS) is 1. The lowest BCUT2D eigenvalue weighted by molar-refractivity contribution is -0.163. The smallest absolute Gasteiger partial charge is 0.312 e. The summed E-state index contributed by atoms with van der Waals surface area (Å²) in [4.78, 5) is 14.2. The summed E-state index contributed by atoms with van der Waals surface area (Å²) in [6.07, 6.45) is -0.143. The molecule has 0 bridgehead atoms. The molecule has 27 heavy (non-hydrogen) atoms. The van der Waals surface area contributed by atoms with Gasteiger partial charge in [-0.2, -0.15) is 0 Å². The van der Waals surface area contributed by atoms with E-state index in [1.54, 1.807) is 7.11 Å². The van der Waals surface area contributed by atoms with E-state index in [1.807, 2.05) is 55.5 Å². The zero-order valence-corrected chi connectivity index (χ0v) is 15.9. The Morgan fingerprint density at radius 1 is 1.26 bits per heavy atom. The molecule has 5 nitrogen and oxygen atoms in total. The van der Waals surface area contributed by atoms with Crippen LogP contribution in [-0.2, 0) is 17.8 Å². The highest BCUT2D eigenvalue weighted by molar-refractivity contribution is 5.76. The number of aliphatic hydroxyl groups excluding tert-OH is 1. The van der Waals surface area contributed by atoms with Gasteiger partial charge in [0.15, 0.2) is 0 Å². The highest BCUT2D eigenvalue weighted by atomic mass is 16.5. The number of aliphatic hydroxyl groups is 1. The van der Waals surface area contributed by atoms with Crippen LogP contribution < -0.4 is 4.74 Å². The van der Waals surface area contributed by atoms with Crippen molar-refractivity contribution >= 4 is 5.97 Å². The van der Waals surface area contributed by atoms with E-state index in [0.29, 0.717) is 32.5 Å². The predicted octanol–water partition coefficient (Wildman–Crippen LogP) is 2.88. The zero-order valence-electron chi connectivity index (χ0n) is 15.9. The summed E-state index contributed by atoms with van der Waals surface area (Å²) in [5.41, 5.74) is 2.10. The number of carbonyl (C=O) groups is 1. The number of hydrogen-bond acceptors (Lipinski definition) is 4. The first-order valence-electron chi connectivity index (χ1n) is 9.26. The Kier molecular flexibility index (Phi) is 5.82. The first kappa shape index (κ1) is 19.4. The molecule has 144 valence electrons. The number of methoxy groups -OCH3 is 1. The lowest BCUT2D eigenvalue weighted by Gasteiger charge is -2.43. The fraction of sp³-hybridized carbons (Fsp3) is 0.409. The maximum atomic E-state index is 12.1. The van der Waals surface area contributed by atoms with Crippen LogP contribution in [0.4, 0.5) is 0 Å². The standard InChI is InChI=1S/C22H27NO4/c1-16-12-19(27-2)9-8-18(16)14-23-11-10-22(21(25)26,20(24)15-23)13-17-6-4-3-5-7-17/h3-9,12,20,24H,10-11,13-15H2,1-2H3,(H,25,26)/t20-,22+/m0/s1. The summed E-state index contributed by atoms with van der Waals surface area (Å²) in [7, 11) is 1.65. The second-order valence-corrected chi connectivity index (χ2v) is 7.42. The van der Waals surface area contributed by atoms with E-state index >= 15 is 0 Å². The number of hydrogen-bond donors (Lipinski definition) is 2. The van der Waals surface area contributed by atoms with Crippen LogP contribution in [0.2, 0.25) is 0 Å². The lowest BCUT2D eigenvalue weighted by Crippen LogP contribution is -2.55. The van der Waals surface area contributed by atoms with Gasteiger partial charge in [0, 0.05) is 13.1 Å². The second kappa shape index (κ2) is 8.11. The fourth-order valence-electron chi connectivity index (χ4n) is 3.88. The predicted molar refractivity (Wildman–Crippen MR) is 104 cm³/mol. The summed E-state index contributed by atoms with van der Waals surface area (Å²) in [6, 6.07) is 15.5. The number of piperidine rings is 1. The van der Waals surface area contributed by atoms with Gasteiger partial charge in [0.1, 0.15) is 11.2 Å². The Bertz CT molecular complexity index is 792. The molecule has 1 heterocycles. The molecule has 0 radical (unpaired) electrons. The first-order valence-corrected chi connectivity index (χ1v) is 9.26. The Labute approximate surface area is 160 Å². The van der Waals surface area contributed by atoms with Crippen molar-refractivity contribution in [3.63, 3.8) is 0 Å². The van der Waals surface area contributed by atoms with Crippen molar-refractivity contribution < 1.29 is 19.7 Å². The molecular weight excluding hydrogens is 342 g/mol. The van der Waals surface area contributed by atoms with Crippen molar-refractivity contribution in [2.24, 2.45) is 5.41 Å². The zero-order chi connectivity index (χ0) is 19.4. The third-order valence-electron chi connectivity index (χ3n) is 5.68. The summed E-state index contributed by atoms with van der Waals surface area (Å²) in [5.74, 6) is -0.0955. The number of likely N-dealkylation sites (tertiary alicyclic amines) is 1. The molecule has 0 saturated carbocycles. The minimum atomic E-state index is -1.13. The van der Waals surface area contributed by atoms with Gasteiger partial charge in [0.05, 0.1) is 13.2 Å². The average molecular weight is 369 g/mol. The van der Waals surface area contributed by atoms with Crippen molar-refractivity contribution in [1.29, 1.82) is 0 Å². The summed E-state index contributed by atoms with van der Waals surface area (Å²) in [6.45, 7) is 3.72. The monoisotopic (exact) mass is 369 g/mol. The Morgan fingerprint density at radius 3 is 2.59 bits per heavy atom. The van der Waals surface area contributed by atoms with Crippen LogP contribution in [0, 0.1) is 12.3 Å². The van der Waals surface area contributed by atoms with E-state index in [-0.39, 0.29) is 0 Å². The maximum absolute atomic E-state index is 12.1. The van der Waals surface area contributed by atoms with E-state index < -0.39 is 17.5 Å². The molecular formula is C22H27NO4. The minimum Gasteiger partial charge on any atom is -0.497 e. The number of aryl methyl sites for hydroxylation is 1. The van der Waals surface area contributed by atoms with Gasteiger partial charge in [0.2, 0.25) is 0 Å². The van der Waals surface area contributed by atoms with Crippen molar-refractivity contribution in [2.75, 3.05) is 20.2 Å². The summed E-state index contributed by atoms with van der Waals surface area (Å²) < 4.78 is 5.25. The van der Waals surface area contributed by atoms with Gasteiger partial charge in [-0.1, -0.05) is 36.4 Å². The molecule has 2 aromatic rings. The molecule has 0 aliphatic carbocycles. The van der Waals surface area contributed by atoms with E-state index in [0.717, 1.165) is 22.4 Å². The number of nitrogens with zero attached hydrogens (tertiary/aromatic N) is 1. The molecule has 1 fully saturated rings. The van der Waals surface area contributed by atoms with Crippen LogP contribution in [0.1, 0.15) is 23.1 Å². The third kappa shape index (κ3) is 4.15. The maximum Gasteiger partial charge on any atom is 0.312 e. The topological polar surface area (TPSA) is 70.0 Å². The normalized spacial score (nSPS) is 23.1.